The van der Waals surface area contributed by atoms with Crippen molar-refractivity contribution >= 4 is 35.0 Å². The van der Waals surface area contributed by atoms with Gasteiger partial charge in [-0.1, -0.05) is 80.4 Å². The maximum Gasteiger partial charge on any atom is 0.128 e. The summed E-state index contributed by atoms with van der Waals surface area (Å²) in [5, 5.41) is 4.20. The summed E-state index contributed by atoms with van der Waals surface area (Å²) in [6.45, 7) is 2.24. The molecule has 0 radical (unpaired) electrons. The number of unbranched alkanes of at least 4 members (excludes halogenated alkanes) is 5. The van der Waals surface area contributed by atoms with Crippen molar-refractivity contribution in [1.82, 2.24) is 5.32 Å². The second-order valence-corrected chi connectivity index (χ2v) is 6.09. The van der Waals surface area contributed by atoms with Crippen LogP contribution in [0, 0.1) is 0 Å². The summed E-state index contributed by atoms with van der Waals surface area (Å²) in [6.07, 6.45) is 9.17. The molecule has 1 heterocycles. The molecule has 0 aromatic carbocycles. The lowest BCUT2D eigenvalue weighted by molar-refractivity contribution is 0.571. The van der Waals surface area contributed by atoms with Crippen molar-refractivity contribution in [2.75, 3.05) is 0 Å². The predicted octanol–water partition coefficient (Wildman–Crippen LogP) is 5.00. The second-order valence-electron chi connectivity index (χ2n) is 3.89. The molecule has 0 bridgehead atoms. The first-order chi connectivity index (χ1) is 7.24. The highest BCUT2D eigenvalue weighted by Crippen LogP contribution is 2.36. The van der Waals surface area contributed by atoms with Gasteiger partial charge in [-0.15, -0.1) is 0 Å². The number of rotatable bonds is 7. The van der Waals surface area contributed by atoms with Gasteiger partial charge in [0.15, 0.2) is 0 Å². The molecule has 0 aromatic rings. The largest absolute Gasteiger partial charge is 0.362 e. The van der Waals surface area contributed by atoms with Gasteiger partial charge in [-0.25, -0.2) is 0 Å². The van der Waals surface area contributed by atoms with E-state index in [0.29, 0.717) is 14.9 Å². The van der Waals surface area contributed by atoms with Gasteiger partial charge in [0.25, 0.3) is 0 Å². The molecular weight excluding hydrogens is 249 g/mol. The fraction of sp³-hybridized carbons (Fsp3) is 0.818. The molecule has 1 N–H and O–H groups in total. The summed E-state index contributed by atoms with van der Waals surface area (Å²) in [5.41, 5.74) is 0. The van der Waals surface area contributed by atoms with Crippen LogP contribution in [0.4, 0.5) is 0 Å². The van der Waals surface area contributed by atoms with Crippen LogP contribution < -0.4 is 5.32 Å². The zero-order valence-corrected chi connectivity index (χ0v) is 11.5. The van der Waals surface area contributed by atoms with Crippen LogP contribution in [-0.2, 0) is 0 Å². The second kappa shape index (κ2) is 7.70. The molecule has 0 aromatic heterocycles. The van der Waals surface area contributed by atoms with E-state index in [9.17, 15) is 0 Å². The molecule has 1 unspecified atom stereocenters. The molecule has 0 saturated heterocycles. The molecule has 1 rings (SSSR count). The van der Waals surface area contributed by atoms with E-state index < -0.39 is 0 Å². The molecule has 0 saturated carbocycles. The first-order valence-electron chi connectivity index (χ1n) is 5.72. The summed E-state index contributed by atoms with van der Waals surface area (Å²) in [7, 11) is 0. The van der Waals surface area contributed by atoms with Crippen LogP contribution >= 0.6 is 35.0 Å². The molecule has 0 aliphatic carbocycles. The van der Waals surface area contributed by atoms with Gasteiger partial charge < -0.3 is 5.32 Å². The number of hydrogen-bond acceptors (Lipinski definition) is 2. The van der Waals surface area contributed by atoms with Crippen molar-refractivity contribution in [2.24, 2.45) is 0 Å². The van der Waals surface area contributed by atoms with Crippen molar-refractivity contribution < 1.29 is 0 Å². The topological polar surface area (TPSA) is 12.0 Å². The van der Waals surface area contributed by atoms with Gasteiger partial charge in [-0.05, 0) is 6.42 Å². The Hall–Kier alpha value is 0.470. The number of thioether (sulfide) groups is 1. The molecule has 4 heteroatoms. The van der Waals surface area contributed by atoms with Crippen LogP contribution in [0.3, 0.4) is 0 Å². The molecular formula is C11H19Cl2NS. The molecule has 0 fully saturated rings. The normalized spacial score (nSPS) is 20.9. The summed E-state index contributed by atoms with van der Waals surface area (Å²) in [4.78, 5) is 0. The number of nitrogens with one attached hydrogen (secondary N) is 1. The van der Waals surface area contributed by atoms with Gasteiger partial charge in [-0.2, -0.15) is 0 Å². The molecule has 0 spiro atoms. The lowest BCUT2D eigenvalue weighted by Gasteiger charge is -2.09. The van der Waals surface area contributed by atoms with Crippen LogP contribution in [0.5, 0.6) is 0 Å². The minimum atomic E-state index is 0.399. The average Bonchev–Trinajstić information content (AvgIpc) is 2.52. The van der Waals surface area contributed by atoms with E-state index in [1.807, 2.05) is 0 Å². The SMILES string of the molecule is CCCCCCCCC1NC(Cl)=C(Cl)S1. The molecule has 1 aliphatic heterocycles. The highest BCUT2D eigenvalue weighted by molar-refractivity contribution is 8.05. The van der Waals surface area contributed by atoms with E-state index in [1.54, 1.807) is 11.8 Å². The third-order valence-corrected chi connectivity index (χ3v) is 4.54. The van der Waals surface area contributed by atoms with Gasteiger partial charge in [0.2, 0.25) is 0 Å². The molecule has 15 heavy (non-hydrogen) atoms. The van der Waals surface area contributed by atoms with Crippen LogP contribution in [0.15, 0.2) is 9.52 Å². The van der Waals surface area contributed by atoms with Crippen molar-refractivity contribution in [1.29, 1.82) is 0 Å². The quantitative estimate of drug-likeness (QED) is 0.515. The summed E-state index contributed by atoms with van der Waals surface area (Å²) >= 11 is 13.4. The molecule has 88 valence electrons. The van der Waals surface area contributed by atoms with E-state index in [1.165, 1.54) is 38.5 Å². The van der Waals surface area contributed by atoms with Crippen LogP contribution in [0.2, 0.25) is 0 Å². The molecule has 1 atom stereocenters. The first kappa shape index (κ1) is 13.5. The van der Waals surface area contributed by atoms with Gasteiger partial charge in [0.05, 0.1) is 5.37 Å². The zero-order chi connectivity index (χ0) is 11.1. The Morgan fingerprint density at radius 2 is 1.80 bits per heavy atom. The van der Waals surface area contributed by atoms with Gasteiger partial charge in [0, 0.05) is 0 Å². The molecule has 1 nitrogen and oxygen atoms in total. The maximum absolute atomic E-state index is 5.89. The predicted molar refractivity (Wildman–Crippen MR) is 71.2 cm³/mol. The zero-order valence-electron chi connectivity index (χ0n) is 9.19. The molecule has 0 amide bonds. The van der Waals surface area contributed by atoms with E-state index in [2.05, 4.69) is 12.2 Å². The highest BCUT2D eigenvalue weighted by Gasteiger charge is 2.20. The lowest BCUT2D eigenvalue weighted by Crippen LogP contribution is -2.17. The average molecular weight is 268 g/mol. The van der Waals surface area contributed by atoms with Crippen LogP contribution in [0.1, 0.15) is 51.9 Å². The standard InChI is InChI=1S/C11H19Cl2NS/c1-2-3-4-5-6-7-8-9-14-10(12)11(13)15-9/h9,14H,2-8H2,1H3. The summed E-state index contributed by atoms with van der Waals surface area (Å²) < 4.78 is 0.715. The van der Waals surface area contributed by atoms with Crippen molar-refractivity contribution in [3.63, 3.8) is 0 Å². The van der Waals surface area contributed by atoms with Gasteiger partial charge in [-0.3, -0.25) is 0 Å². The Kier molecular flexibility index (Phi) is 6.94. The van der Waals surface area contributed by atoms with E-state index >= 15 is 0 Å². The maximum atomic E-state index is 5.89. The van der Waals surface area contributed by atoms with E-state index in [4.69, 9.17) is 23.2 Å². The Morgan fingerprint density at radius 3 is 2.40 bits per heavy atom. The Balaban J connectivity index is 1.94. The third kappa shape index (κ3) is 5.37. The minimum absolute atomic E-state index is 0.399. The van der Waals surface area contributed by atoms with E-state index in [0.717, 1.165) is 6.42 Å². The monoisotopic (exact) mass is 267 g/mol. The van der Waals surface area contributed by atoms with Crippen LogP contribution in [-0.4, -0.2) is 5.37 Å². The number of hydrogen-bond donors (Lipinski definition) is 1. The lowest BCUT2D eigenvalue weighted by atomic mass is 10.1. The van der Waals surface area contributed by atoms with Gasteiger partial charge in [0.1, 0.15) is 9.52 Å². The molecule has 1 aliphatic rings. The minimum Gasteiger partial charge on any atom is -0.362 e. The van der Waals surface area contributed by atoms with E-state index in [-0.39, 0.29) is 0 Å². The Bertz CT molecular complexity index is 205. The van der Waals surface area contributed by atoms with Crippen molar-refractivity contribution in [2.45, 2.75) is 57.2 Å². The fourth-order valence-electron chi connectivity index (χ4n) is 1.65. The fourth-order valence-corrected chi connectivity index (χ4v) is 3.23. The van der Waals surface area contributed by atoms with Crippen molar-refractivity contribution in [3.8, 4) is 0 Å². The van der Waals surface area contributed by atoms with Crippen LogP contribution in [0.25, 0.3) is 0 Å². The summed E-state index contributed by atoms with van der Waals surface area (Å²) in [6, 6.07) is 0. The van der Waals surface area contributed by atoms with Crippen molar-refractivity contribution in [3.05, 3.63) is 9.52 Å². The highest BCUT2D eigenvalue weighted by atomic mass is 35.5. The summed E-state index contributed by atoms with van der Waals surface area (Å²) in [5.74, 6) is 0. The Morgan fingerprint density at radius 1 is 1.13 bits per heavy atom. The first-order valence-corrected chi connectivity index (χ1v) is 7.36. The van der Waals surface area contributed by atoms with Gasteiger partial charge >= 0.3 is 0 Å². The third-order valence-electron chi connectivity index (χ3n) is 2.53. The smallest absolute Gasteiger partial charge is 0.128 e. The Labute approximate surface area is 107 Å². The number of halogens is 2.